The average Bonchev–Trinajstić information content (AvgIpc) is 2.74. The van der Waals surface area contributed by atoms with Crippen molar-refractivity contribution in [2.45, 2.75) is 64.1 Å². The molecule has 6 nitrogen and oxygen atoms in total. The molecular weight excluding hydrogens is 342 g/mol. The molecule has 3 aliphatic rings. The van der Waals surface area contributed by atoms with Crippen LogP contribution in [0.15, 0.2) is 16.6 Å². The number of ether oxygens (including phenoxy) is 3. The Morgan fingerprint density at radius 2 is 2.15 bits per heavy atom. The highest BCUT2D eigenvalue weighted by atomic mass is 16.5. The highest BCUT2D eigenvalue weighted by Gasteiger charge is 2.23. The molecule has 2 fully saturated rings. The summed E-state index contributed by atoms with van der Waals surface area (Å²) in [7, 11) is 0. The van der Waals surface area contributed by atoms with Crippen molar-refractivity contribution >= 4 is 5.96 Å². The van der Waals surface area contributed by atoms with Gasteiger partial charge in [0.25, 0.3) is 0 Å². The summed E-state index contributed by atoms with van der Waals surface area (Å²) in [5.74, 6) is 1.05. The van der Waals surface area contributed by atoms with E-state index in [9.17, 15) is 0 Å². The third-order valence-electron chi connectivity index (χ3n) is 5.62. The Morgan fingerprint density at radius 1 is 1.26 bits per heavy atom. The molecule has 0 aromatic carbocycles. The van der Waals surface area contributed by atoms with E-state index in [-0.39, 0.29) is 0 Å². The summed E-state index contributed by atoms with van der Waals surface area (Å²) in [4.78, 5) is 7.25. The van der Waals surface area contributed by atoms with Crippen molar-refractivity contribution in [3.63, 3.8) is 0 Å². The Morgan fingerprint density at radius 3 is 2.85 bits per heavy atom. The van der Waals surface area contributed by atoms with E-state index in [0.717, 1.165) is 90.7 Å². The van der Waals surface area contributed by atoms with E-state index < -0.39 is 0 Å². The van der Waals surface area contributed by atoms with Crippen molar-refractivity contribution in [2.75, 3.05) is 52.6 Å². The summed E-state index contributed by atoms with van der Waals surface area (Å²) in [6, 6.07) is 0. The summed E-state index contributed by atoms with van der Waals surface area (Å²) in [5.41, 5.74) is 1.48. The Hall–Kier alpha value is -1.11. The van der Waals surface area contributed by atoms with Crippen LogP contribution < -0.4 is 5.32 Å². The quantitative estimate of drug-likeness (QED) is 0.419. The van der Waals surface area contributed by atoms with Crippen LogP contribution >= 0.6 is 0 Å². The zero-order valence-electron chi connectivity index (χ0n) is 17.0. The molecule has 0 aromatic rings. The van der Waals surface area contributed by atoms with Crippen molar-refractivity contribution in [3.05, 3.63) is 11.6 Å². The van der Waals surface area contributed by atoms with Crippen molar-refractivity contribution in [1.82, 2.24) is 10.2 Å². The van der Waals surface area contributed by atoms with Gasteiger partial charge in [-0.3, -0.25) is 4.99 Å². The number of guanidine groups is 1. The van der Waals surface area contributed by atoms with E-state index in [2.05, 4.69) is 23.2 Å². The molecule has 27 heavy (non-hydrogen) atoms. The first-order chi connectivity index (χ1) is 13.3. The van der Waals surface area contributed by atoms with Crippen molar-refractivity contribution in [3.8, 4) is 0 Å². The topological polar surface area (TPSA) is 55.3 Å². The molecule has 0 radical (unpaired) electrons. The minimum atomic E-state index is 0.315. The Balaban J connectivity index is 1.39. The van der Waals surface area contributed by atoms with Gasteiger partial charge in [-0.25, -0.2) is 0 Å². The van der Waals surface area contributed by atoms with Crippen molar-refractivity contribution in [1.29, 1.82) is 0 Å². The maximum atomic E-state index is 6.14. The maximum absolute atomic E-state index is 6.14. The molecule has 154 valence electrons. The molecule has 0 amide bonds. The van der Waals surface area contributed by atoms with Crippen LogP contribution in [0.25, 0.3) is 0 Å². The number of likely N-dealkylation sites (tertiary alicyclic amines) is 1. The molecule has 1 atom stereocenters. The van der Waals surface area contributed by atoms with Crippen LogP contribution in [0.2, 0.25) is 0 Å². The van der Waals surface area contributed by atoms with E-state index in [1.54, 1.807) is 0 Å². The van der Waals surface area contributed by atoms with Crippen molar-refractivity contribution < 1.29 is 14.2 Å². The Labute approximate surface area is 164 Å². The molecule has 3 aliphatic heterocycles. The van der Waals surface area contributed by atoms with Crippen molar-refractivity contribution in [2.24, 2.45) is 4.99 Å². The van der Waals surface area contributed by atoms with E-state index in [4.69, 9.17) is 19.2 Å². The number of hydrogen-bond acceptors (Lipinski definition) is 4. The second-order valence-corrected chi connectivity index (χ2v) is 7.68. The first kappa shape index (κ1) is 20.6. The number of nitrogens with zero attached hydrogens (tertiary/aromatic N) is 2. The molecule has 0 bridgehead atoms. The van der Waals surface area contributed by atoms with Crippen LogP contribution in [-0.2, 0) is 14.2 Å². The number of nitrogens with one attached hydrogen (secondary N) is 1. The number of hydrogen-bond donors (Lipinski definition) is 1. The van der Waals surface area contributed by atoms with Gasteiger partial charge in [0, 0.05) is 32.8 Å². The van der Waals surface area contributed by atoms with Gasteiger partial charge in [0.15, 0.2) is 5.96 Å². The maximum Gasteiger partial charge on any atom is 0.193 e. The zero-order valence-corrected chi connectivity index (χ0v) is 17.0. The van der Waals surface area contributed by atoms with Gasteiger partial charge in [0.2, 0.25) is 0 Å². The SMILES string of the molecule is CCNC(=NCCC1=CCOCC1)N1CCC(OCC2CCCCO2)CC1. The van der Waals surface area contributed by atoms with Crippen LogP contribution in [0.5, 0.6) is 0 Å². The summed E-state index contributed by atoms with van der Waals surface area (Å²) < 4.78 is 17.3. The fraction of sp³-hybridized carbons (Fsp3) is 0.857. The fourth-order valence-electron chi connectivity index (χ4n) is 3.94. The zero-order chi connectivity index (χ0) is 18.7. The van der Waals surface area contributed by atoms with Gasteiger partial charge in [-0.1, -0.05) is 11.6 Å². The molecule has 6 heteroatoms. The summed E-state index contributed by atoms with van der Waals surface area (Å²) in [5, 5.41) is 3.46. The fourth-order valence-corrected chi connectivity index (χ4v) is 3.94. The largest absolute Gasteiger partial charge is 0.377 e. The van der Waals surface area contributed by atoms with Gasteiger partial charge in [-0.15, -0.1) is 0 Å². The van der Waals surface area contributed by atoms with Crippen LogP contribution in [0.1, 0.15) is 51.9 Å². The predicted octanol–water partition coefficient (Wildman–Crippen LogP) is 2.74. The average molecular weight is 380 g/mol. The molecule has 2 saturated heterocycles. The Bertz CT molecular complexity index is 481. The second-order valence-electron chi connectivity index (χ2n) is 7.68. The van der Waals surface area contributed by atoms with E-state index in [0.29, 0.717) is 12.2 Å². The normalized spacial score (nSPS) is 25.4. The lowest BCUT2D eigenvalue weighted by Crippen LogP contribution is -2.47. The lowest BCUT2D eigenvalue weighted by molar-refractivity contribution is -0.0721. The van der Waals surface area contributed by atoms with E-state index in [1.165, 1.54) is 18.4 Å². The molecule has 0 aromatic heterocycles. The van der Waals surface area contributed by atoms with E-state index >= 15 is 0 Å². The number of rotatable bonds is 7. The minimum Gasteiger partial charge on any atom is -0.377 e. The van der Waals surface area contributed by atoms with Gasteiger partial charge in [0.1, 0.15) is 0 Å². The number of aliphatic imine (C=N–C) groups is 1. The molecule has 3 rings (SSSR count). The molecule has 0 aliphatic carbocycles. The van der Waals surface area contributed by atoms with Gasteiger partial charge in [-0.2, -0.15) is 0 Å². The van der Waals surface area contributed by atoms with E-state index in [1.807, 2.05) is 0 Å². The van der Waals surface area contributed by atoms with Crippen LogP contribution in [0.3, 0.4) is 0 Å². The standard InChI is InChI=1S/C21H37N3O3/c1-2-22-21(23-11-6-18-9-15-25-16-10-18)24-12-7-19(8-13-24)27-17-20-5-3-4-14-26-20/h9,19-20H,2-8,10-17H2,1H3,(H,22,23). The highest BCUT2D eigenvalue weighted by Crippen LogP contribution is 2.18. The molecular formula is C21H37N3O3. The monoisotopic (exact) mass is 379 g/mol. The second kappa shape index (κ2) is 11.7. The first-order valence-corrected chi connectivity index (χ1v) is 10.9. The molecule has 1 unspecified atom stereocenters. The van der Waals surface area contributed by atoms with Crippen LogP contribution in [-0.4, -0.2) is 75.7 Å². The summed E-state index contributed by atoms with van der Waals surface area (Å²) in [6.07, 6.45) is 10.8. The third-order valence-corrected chi connectivity index (χ3v) is 5.62. The third kappa shape index (κ3) is 7.09. The minimum absolute atomic E-state index is 0.315. The molecule has 1 N–H and O–H groups in total. The number of piperidine rings is 1. The smallest absolute Gasteiger partial charge is 0.193 e. The molecule has 3 heterocycles. The predicted molar refractivity (Wildman–Crippen MR) is 108 cm³/mol. The van der Waals surface area contributed by atoms with Gasteiger partial charge >= 0.3 is 0 Å². The lowest BCUT2D eigenvalue weighted by Gasteiger charge is -2.35. The van der Waals surface area contributed by atoms with Gasteiger partial charge in [-0.05, 0) is 51.9 Å². The van der Waals surface area contributed by atoms with Crippen LogP contribution in [0, 0.1) is 0 Å². The first-order valence-electron chi connectivity index (χ1n) is 10.9. The summed E-state index contributed by atoms with van der Waals surface area (Å²) >= 11 is 0. The lowest BCUT2D eigenvalue weighted by atomic mass is 10.1. The highest BCUT2D eigenvalue weighted by molar-refractivity contribution is 5.80. The van der Waals surface area contributed by atoms with Crippen LogP contribution in [0.4, 0.5) is 0 Å². The van der Waals surface area contributed by atoms with Gasteiger partial charge < -0.3 is 24.4 Å². The summed E-state index contributed by atoms with van der Waals surface area (Å²) in [6.45, 7) is 9.20. The Kier molecular flexibility index (Phi) is 8.91. The van der Waals surface area contributed by atoms with Gasteiger partial charge in [0.05, 0.1) is 32.0 Å². The molecule has 0 spiro atoms. The molecule has 0 saturated carbocycles.